The van der Waals surface area contributed by atoms with E-state index in [0.29, 0.717) is 10.0 Å². The summed E-state index contributed by atoms with van der Waals surface area (Å²) >= 11 is 12.0. The van der Waals surface area contributed by atoms with Crippen LogP contribution in [0.2, 0.25) is 10.0 Å². The van der Waals surface area contributed by atoms with E-state index in [-0.39, 0.29) is 0 Å². The molecule has 0 fully saturated rings. The Balaban J connectivity index is 2.06. The minimum absolute atomic E-state index is 0.600. The Labute approximate surface area is 124 Å². The molecular weight excluding hydrogens is 279 g/mol. The number of nitrogens with zero attached hydrogens (tertiary/aromatic N) is 1. The zero-order valence-corrected chi connectivity index (χ0v) is 12.5. The van der Waals surface area contributed by atoms with Crippen molar-refractivity contribution >= 4 is 23.2 Å². The first-order chi connectivity index (χ1) is 9.20. The van der Waals surface area contributed by atoms with Crippen LogP contribution >= 0.6 is 23.2 Å². The van der Waals surface area contributed by atoms with Crippen molar-refractivity contribution in [1.82, 2.24) is 9.88 Å². The highest BCUT2D eigenvalue weighted by molar-refractivity contribution is 6.42. The van der Waals surface area contributed by atoms with Crippen LogP contribution in [0.4, 0.5) is 0 Å². The molecule has 0 amide bonds. The number of aromatic nitrogens is 1. The normalized spacial score (nSPS) is 10.9. The fraction of sp³-hybridized carbons (Fsp3) is 0.333. The van der Waals surface area contributed by atoms with Crippen LogP contribution in [-0.4, -0.2) is 11.1 Å². The highest BCUT2D eigenvalue weighted by atomic mass is 35.5. The van der Waals surface area contributed by atoms with Gasteiger partial charge in [0.15, 0.2) is 0 Å². The fourth-order valence-electron chi connectivity index (χ4n) is 1.99. The molecule has 0 spiro atoms. The molecule has 2 aromatic rings. The average molecular weight is 297 g/mol. The third kappa shape index (κ3) is 4.00. The van der Waals surface area contributed by atoms with Crippen LogP contribution in [-0.2, 0) is 13.1 Å². The summed E-state index contributed by atoms with van der Waals surface area (Å²) in [5, 5.41) is 4.62. The van der Waals surface area contributed by atoms with Crippen molar-refractivity contribution in [2.45, 2.75) is 26.4 Å². The standard InChI is InChI=1S/C15H18Cl2N2/c1-2-7-18-10-13-4-3-8-19(13)11-12-5-6-14(16)15(17)9-12/h3-6,8-9,18H,2,7,10-11H2,1H3. The van der Waals surface area contributed by atoms with E-state index in [0.717, 1.165) is 31.6 Å². The molecule has 0 aliphatic carbocycles. The van der Waals surface area contributed by atoms with Gasteiger partial charge in [0, 0.05) is 25.0 Å². The molecular formula is C15H18Cl2N2. The molecule has 2 rings (SSSR count). The summed E-state index contributed by atoms with van der Waals surface area (Å²) in [5.41, 5.74) is 2.43. The van der Waals surface area contributed by atoms with Crippen LogP contribution in [0.25, 0.3) is 0 Å². The Bertz CT molecular complexity index is 535. The monoisotopic (exact) mass is 296 g/mol. The van der Waals surface area contributed by atoms with E-state index in [4.69, 9.17) is 23.2 Å². The summed E-state index contributed by atoms with van der Waals surface area (Å²) in [6, 6.07) is 9.99. The van der Waals surface area contributed by atoms with E-state index >= 15 is 0 Å². The maximum Gasteiger partial charge on any atom is 0.0595 e. The first kappa shape index (κ1) is 14.4. The van der Waals surface area contributed by atoms with Gasteiger partial charge in [-0.25, -0.2) is 0 Å². The molecule has 0 radical (unpaired) electrons. The lowest BCUT2D eigenvalue weighted by Crippen LogP contribution is -2.17. The smallest absolute Gasteiger partial charge is 0.0595 e. The molecule has 0 saturated heterocycles. The molecule has 0 atom stereocenters. The molecule has 19 heavy (non-hydrogen) atoms. The minimum atomic E-state index is 0.600. The van der Waals surface area contributed by atoms with Crippen LogP contribution < -0.4 is 5.32 Å². The Kier molecular flexibility index (Phi) is 5.32. The van der Waals surface area contributed by atoms with Crippen LogP contribution in [0.5, 0.6) is 0 Å². The van der Waals surface area contributed by atoms with Gasteiger partial charge in [0.25, 0.3) is 0 Å². The molecule has 0 aliphatic rings. The maximum absolute atomic E-state index is 6.04. The van der Waals surface area contributed by atoms with Gasteiger partial charge in [0.1, 0.15) is 0 Å². The van der Waals surface area contributed by atoms with Crippen molar-refractivity contribution in [2.24, 2.45) is 0 Å². The zero-order valence-electron chi connectivity index (χ0n) is 11.0. The largest absolute Gasteiger partial charge is 0.346 e. The topological polar surface area (TPSA) is 17.0 Å². The molecule has 2 nitrogen and oxygen atoms in total. The van der Waals surface area contributed by atoms with Gasteiger partial charge in [-0.05, 0) is 42.8 Å². The third-order valence-corrected chi connectivity index (χ3v) is 3.73. The number of benzene rings is 1. The molecule has 1 N–H and O–H groups in total. The molecule has 102 valence electrons. The number of nitrogens with one attached hydrogen (secondary N) is 1. The van der Waals surface area contributed by atoms with E-state index in [9.17, 15) is 0 Å². The number of halogens is 2. The molecule has 1 heterocycles. The fourth-order valence-corrected chi connectivity index (χ4v) is 2.31. The predicted octanol–water partition coefficient (Wildman–Crippen LogP) is 4.34. The first-order valence-corrected chi connectivity index (χ1v) is 7.25. The number of rotatable bonds is 6. The Hall–Kier alpha value is -0.960. The van der Waals surface area contributed by atoms with Gasteiger partial charge in [-0.1, -0.05) is 36.2 Å². The van der Waals surface area contributed by atoms with Crippen LogP contribution in [0.1, 0.15) is 24.6 Å². The third-order valence-electron chi connectivity index (χ3n) is 2.99. The van der Waals surface area contributed by atoms with Gasteiger partial charge in [0.2, 0.25) is 0 Å². The van der Waals surface area contributed by atoms with Gasteiger partial charge in [-0.3, -0.25) is 0 Å². The van der Waals surface area contributed by atoms with Gasteiger partial charge in [-0.2, -0.15) is 0 Å². The second-order valence-electron chi connectivity index (χ2n) is 4.55. The molecule has 0 unspecified atom stereocenters. The Morgan fingerprint density at radius 3 is 2.74 bits per heavy atom. The van der Waals surface area contributed by atoms with Crippen molar-refractivity contribution in [3.63, 3.8) is 0 Å². The second kappa shape index (κ2) is 6.99. The van der Waals surface area contributed by atoms with E-state index in [2.05, 4.69) is 35.1 Å². The summed E-state index contributed by atoms with van der Waals surface area (Å²) in [4.78, 5) is 0. The van der Waals surface area contributed by atoms with E-state index in [1.165, 1.54) is 5.69 Å². The van der Waals surface area contributed by atoms with Crippen molar-refractivity contribution < 1.29 is 0 Å². The van der Waals surface area contributed by atoms with Gasteiger partial charge < -0.3 is 9.88 Å². The van der Waals surface area contributed by atoms with Crippen LogP contribution in [0, 0.1) is 0 Å². The lowest BCUT2D eigenvalue weighted by Gasteiger charge is -2.10. The molecule has 0 saturated carbocycles. The summed E-state index contributed by atoms with van der Waals surface area (Å²) in [6.07, 6.45) is 3.24. The number of hydrogen-bond acceptors (Lipinski definition) is 1. The van der Waals surface area contributed by atoms with Gasteiger partial charge in [-0.15, -0.1) is 0 Å². The molecule has 1 aromatic heterocycles. The minimum Gasteiger partial charge on any atom is -0.346 e. The zero-order chi connectivity index (χ0) is 13.7. The highest BCUT2D eigenvalue weighted by Crippen LogP contribution is 2.23. The lowest BCUT2D eigenvalue weighted by molar-refractivity contribution is 0.630. The van der Waals surface area contributed by atoms with Crippen molar-refractivity contribution in [1.29, 1.82) is 0 Å². The SMILES string of the molecule is CCCNCc1cccn1Cc1ccc(Cl)c(Cl)c1. The van der Waals surface area contributed by atoms with E-state index in [1.807, 2.05) is 18.2 Å². The predicted molar refractivity (Wildman–Crippen MR) is 82.0 cm³/mol. The summed E-state index contributed by atoms with van der Waals surface area (Å²) in [5.74, 6) is 0. The highest BCUT2D eigenvalue weighted by Gasteiger charge is 2.04. The van der Waals surface area contributed by atoms with Crippen molar-refractivity contribution in [2.75, 3.05) is 6.54 Å². The molecule has 0 aliphatic heterocycles. The van der Waals surface area contributed by atoms with Crippen LogP contribution in [0.15, 0.2) is 36.5 Å². The lowest BCUT2D eigenvalue weighted by atomic mass is 10.2. The molecule has 0 bridgehead atoms. The molecule has 1 aromatic carbocycles. The number of hydrogen-bond donors (Lipinski definition) is 1. The molecule has 4 heteroatoms. The Morgan fingerprint density at radius 1 is 1.16 bits per heavy atom. The van der Waals surface area contributed by atoms with Crippen LogP contribution in [0.3, 0.4) is 0 Å². The average Bonchev–Trinajstić information content (AvgIpc) is 2.82. The van der Waals surface area contributed by atoms with E-state index < -0.39 is 0 Å². The Morgan fingerprint density at radius 2 is 2.00 bits per heavy atom. The quantitative estimate of drug-likeness (QED) is 0.785. The second-order valence-corrected chi connectivity index (χ2v) is 5.37. The summed E-state index contributed by atoms with van der Waals surface area (Å²) < 4.78 is 2.22. The van der Waals surface area contributed by atoms with Gasteiger partial charge >= 0.3 is 0 Å². The maximum atomic E-state index is 6.04. The first-order valence-electron chi connectivity index (χ1n) is 6.49. The summed E-state index contributed by atoms with van der Waals surface area (Å²) in [7, 11) is 0. The summed E-state index contributed by atoms with van der Waals surface area (Å²) in [6.45, 7) is 4.91. The van der Waals surface area contributed by atoms with Gasteiger partial charge in [0.05, 0.1) is 10.0 Å². The van der Waals surface area contributed by atoms with E-state index in [1.54, 1.807) is 0 Å². The van der Waals surface area contributed by atoms with Crippen molar-refractivity contribution in [3.8, 4) is 0 Å². The van der Waals surface area contributed by atoms with Crippen molar-refractivity contribution in [3.05, 3.63) is 57.8 Å².